The Morgan fingerprint density at radius 3 is 2.29 bits per heavy atom. The van der Waals surface area contributed by atoms with Crippen LogP contribution in [0, 0.1) is 0 Å². The maximum Gasteiger partial charge on any atom is 0.279 e. The summed E-state index contributed by atoms with van der Waals surface area (Å²) >= 11 is 12.2. The van der Waals surface area contributed by atoms with Crippen molar-refractivity contribution < 1.29 is 14.5 Å². The average molecular weight is 423 g/mol. The van der Waals surface area contributed by atoms with Crippen LogP contribution in [0.1, 0.15) is 29.8 Å². The van der Waals surface area contributed by atoms with Crippen LogP contribution in [0.2, 0.25) is 10.0 Å². The molecule has 1 unspecified atom stereocenters. The Labute approximate surface area is 176 Å². The lowest BCUT2D eigenvalue weighted by molar-refractivity contribution is -0.885. The fourth-order valence-corrected chi connectivity index (χ4v) is 3.33. The largest absolute Gasteiger partial charge is 0.339 e. The second-order valence-corrected chi connectivity index (χ2v) is 7.41. The van der Waals surface area contributed by atoms with E-state index in [-0.39, 0.29) is 18.4 Å². The van der Waals surface area contributed by atoms with Crippen molar-refractivity contribution in [1.29, 1.82) is 0 Å². The number of nitrogens with one attached hydrogen (secondary N) is 2. The molecule has 0 aliphatic carbocycles. The van der Waals surface area contributed by atoms with E-state index in [1.54, 1.807) is 35.2 Å². The van der Waals surface area contributed by atoms with Crippen LogP contribution in [-0.2, 0) is 11.3 Å². The molecule has 2 aromatic rings. The minimum absolute atomic E-state index is 0.00884. The van der Waals surface area contributed by atoms with Crippen LogP contribution in [0.4, 0.5) is 5.69 Å². The van der Waals surface area contributed by atoms with Gasteiger partial charge in [-0.05, 0) is 44.2 Å². The predicted octanol–water partition coefficient (Wildman–Crippen LogP) is 3.13. The molecule has 2 N–H and O–H groups in total. The molecule has 0 spiro atoms. The quantitative estimate of drug-likeness (QED) is 0.686. The normalized spacial score (nSPS) is 11.8. The number of amides is 2. The van der Waals surface area contributed by atoms with E-state index in [1.807, 2.05) is 33.0 Å². The zero-order valence-corrected chi connectivity index (χ0v) is 17.9. The number of halogens is 2. The highest BCUT2D eigenvalue weighted by molar-refractivity contribution is 6.42. The molecule has 7 heteroatoms. The third-order valence-electron chi connectivity index (χ3n) is 4.45. The van der Waals surface area contributed by atoms with Crippen LogP contribution in [-0.4, -0.2) is 43.4 Å². The van der Waals surface area contributed by atoms with Crippen molar-refractivity contribution in [1.82, 2.24) is 4.90 Å². The van der Waals surface area contributed by atoms with Crippen molar-refractivity contribution in [2.75, 3.05) is 32.0 Å². The number of rotatable bonds is 8. The van der Waals surface area contributed by atoms with Crippen molar-refractivity contribution in [3.63, 3.8) is 0 Å². The van der Waals surface area contributed by atoms with E-state index in [0.29, 0.717) is 40.9 Å². The van der Waals surface area contributed by atoms with Crippen LogP contribution < -0.4 is 10.2 Å². The van der Waals surface area contributed by atoms with E-state index in [1.165, 1.54) is 0 Å². The van der Waals surface area contributed by atoms with Gasteiger partial charge in [-0.2, -0.15) is 0 Å². The fraction of sp³-hybridized carbons (Fsp3) is 0.333. The lowest BCUT2D eigenvalue weighted by Gasteiger charge is -2.18. The standard InChI is InChI=1S/C21H25Cl2N3O2/c1-4-26(5-2)21(28)15-9-11-17(12-10-15)24-19(27)14-25(3)13-16-7-6-8-18(22)20(16)23/h6-12H,4-5,13-14H2,1-3H3,(H,24,27)/p+1. The Hall–Kier alpha value is -2.08. The SMILES string of the molecule is CCN(CC)C(=O)c1ccc(NC(=O)C[NH+](C)Cc2cccc(Cl)c2Cl)cc1. The molecule has 2 amide bonds. The number of carbonyl (C=O) groups excluding carboxylic acids is 2. The smallest absolute Gasteiger partial charge is 0.279 e. The molecule has 0 saturated carbocycles. The number of nitrogens with zero attached hydrogens (tertiary/aromatic N) is 1. The molecule has 5 nitrogen and oxygen atoms in total. The van der Waals surface area contributed by atoms with Gasteiger partial charge in [0.25, 0.3) is 11.8 Å². The highest BCUT2D eigenvalue weighted by Crippen LogP contribution is 2.24. The molecule has 0 fully saturated rings. The second-order valence-electron chi connectivity index (χ2n) is 6.63. The molecule has 0 saturated heterocycles. The van der Waals surface area contributed by atoms with Crippen LogP contribution in [0.15, 0.2) is 42.5 Å². The molecule has 150 valence electrons. The van der Waals surface area contributed by atoms with Gasteiger partial charge in [-0.3, -0.25) is 9.59 Å². The van der Waals surface area contributed by atoms with Crippen molar-refractivity contribution in [2.24, 2.45) is 0 Å². The molecule has 0 bridgehead atoms. The lowest BCUT2D eigenvalue weighted by atomic mass is 10.1. The van der Waals surface area contributed by atoms with Gasteiger partial charge in [0.05, 0.1) is 17.1 Å². The highest BCUT2D eigenvalue weighted by Gasteiger charge is 2.15. The van der Waals surface area contributed by atoms with Gasteiger partial charge in [-0.25, -0.2) is 0 Å². The first-order valence-corrected chi connectivity index (χ1v) is 10.0. The van der Waals surface area contributed by atoms with Gasteiger partial charge in [-0.15, -0.1) is 0 Å². The Kier molecular flexibility index (Phi) is 8.30. The molecular formula is C21H26Cl2N3O2+. The van der Waals surface area contributed by atoms with Crippen molar-refractivity contribution >= 4 is 40.7 Å². The van der Waals surface area contributed by atoms with Crippen LogP contribution in [0.5, 0.6) is 0 Å². The summed E-state index contributed by atoms with van der Waals surface area (Å²) in [6, 6.07) is 12.5. The summed E-state index contributed by atoms with van der Waals surface area (Å²) in [6.07, 6.45) is 0. The zero-order chi connectivity index (χ0) is 20.7. The summed E-state index contributed by atoms with van der Waals surface area (Å²) in [6.45, 7) is 6.10. The number of quaternary nitrogens is 1. The summed E-state index contributed by atoms with van der Waals surface area (Å²) in [5, 5.41) is 3.90. The average Bonchev–Trinajstić information content (AvgIpc) is 2.66. The van der Waals surface area contributed by atoms with E-state index in [4.69, 9.17) is 23.2 Å². The van der Waals surface area contributed by atoms with Crippen LogP contribution >= 0.6 is 23.2 Å². The van der Waals surface area contributed by atoms with Crippen LogP contribution in [0.3, 0.4) is 0 Å². The minimum atomic E-state index is -0.113. The molecule has 0 heterocycles. The fourth-order valence-electron chi connectivity index (χ4n) is 2.94. The monoisotopic (exact) mass is 422 g/mol. The summed E-state index contributed by atoms with van der Waals surface area (Å²) < 4.78 is 0. The first-order valence-electron chi connectivity index (χ1n) is 9.29. The first kappa shape index (κ1) is 22.2. The highest BCUT2D eigenvalue weighted by atomic mass is 35.5. The topological polar surface area (TPSA) is 53.9 Å². The summed E-state index contributed by atoms with van der Waals surface area (Å²) in [5.74, 6) is -0.121. The zero-order valence-electron chi connectivity index (χ0n) is 16.4. The van der Waals surface area contributed by atoms with Crippen molar-refractivity contribution in [3.8, 4) is 0 Å². The predicted molar refractivity (Wildman–Crippen MR) is 114 cm³/mol. The summed E-state index contributed by atoms with van der Waals surface area (Å²) in [7, 11) is 1.92. The number of anilines is 1. The molecular weight excluding hydrogens is 397 g/mol. The summed E-state index contributed by atoms with van der Waals surface area (Å²) in [5.41, 5.74) is 2.17. The molecule has 0 radical (unpaired) electrons. The van der Waals surface area contributed by atoms with Gasteiger partial charge in [-0.1, -0.05) is 35.3 Å². The molecule has 2 aromatic carbocycles. The third-order valence-corrected chi connectivity index (χ3v) is 5.31. The first-order chi connectivity index (χ1) is 13.3. The summed E-state index contributed by atoms with van der Waals surface area (Å²) in [4.78, 5) is 27.4. The molecule has 0 aliphatic heterocycles. The van der Waals surface area contributed by atoms with Gasteiger partial charge in [0.1, 0.15) is 6.54 Å². The number of carbonyl (C=O) groups is 2. The second kappa shape index (κ2) is 10.5. The van der Waals surface area contributed by atoms with E-state index in [9.17, 15) is 9.59 Å². The maximum absolute atomic E-state index is 12.3. The minimum Gasteiger partial charge on any atom is -0.339 e. The Morgan fingerprint density at radius 1 is 1.04 bits per heavy atom. The van der Waals surface area contributed by atoms with Gasteiger partial charge in [0.2, 0.25) is 0 Å². The molecule has 0 aromatic heterocycles. The number of likely N-dealkylation sites (N-methyl/N-ethyl adjacent to an activating group) is 1. The Balaban J connectivity index is 1.92. The number of benzene rings is 2. The van der Waals surface area contributed by atoms with Gasteiger partial charge >= 0.3 is 0 Å². The Bertz CT molecular complexity index is 821. The van der Waals surface area contributed by atoms with Crippen LogP contribution in [0.25, 0.3) is 0 Å². The van der Waals surface area contributed by atoms with E-state index < -0.39 is 0 Å². The molecule has 0 aliphatic rings. The van der Waals surface area contributed by atoms with Gasteiger partial charge < -0.3 is 15.1 Å². The number of hydrogen-bond acceptors (Lipinski definition) is 2. The van der Waals surface area contributed by atoms with Gasteiger partial charge in [0.15, 0.2) is 6.54 Å². The molecule has 28 heavy (non-hydrogen) atoms. The van der Waals surface area contributed by atoms with Crippen molar-refractivity contribution in [3.05, 3.63) is 63.6 Å². The van der Waals surface area contributed by atoms with Gasteiger partial charge in [0, 0.05) is 29.9 Å². The van der Waals surface area contributed by atoms with Crippen molar-refractivity contribution in [2.45, 2.75) is 20.4 Å². The molecule has 2 rings (SSSR count). The van der Waals surface area contributed by atoms with E-state index in [2.05, 4.69) is 5.32 Å². The molecule has 1 atom stereocenters. The van der Waals surface area contributed by atoms with E-state index >= 15 is 0 Å². The maximum atomic E-state index is 12.3. The Morgan fingerprint density at radius 2 is 1.68 bits per heavy atom. The third kappa shape index (κ3) is 5.96. The number of hydrogen-bond donors (Lipinski definition) is 2. The van der Waals surface area contributed by atoms with E-state index in [0.717, 1.165) is 10.5 Å². The lowest BCUT2D eigenvalue weighted by Crippen LogP contribution is -3.08.